The van der Waals surface area contributed by atoms with Crippen molar-refractivity contribution in [1.82, 2.24) is 14.8 Å². The third-order valence-corrected chi connectivity index (χ3v) is 4.45. The normalized spacial score (nSPS) is 22.5. The van der Waals surface area contributed by atoms with Crippen LogP contribution in [0.15, 0.2) is 55.1 Å². The smallest absolute Gasteiger partial charge is 0.147 e. The maximum atomic E-state index is 14.4. The first-order valence-corrected chi connectivity index (χ1v) is 7.68. The van der Waals surface area contributed by atoms with Gasteiger partial charge < -0.3 is 4.74 Å². The molecule has 0 radical (unpaired) electrons. The van der Waals surface area contributed by atoms with Crippen LogP contribution >= 0.6 is 11.6 Å². The molecule has 2 heterocycles. The molecule has 1 aliphatic rings. The SMILES string of the molecule is Fc1ccc([C@@]2(Cn3cncn3)O[C@@H]2c2cccc(Cl)c2F)cc1. The van der Waals surface area contributed by atoms with Gasteiger partial charge in [0.2, 0.25) is 0 Å². The molecule has 7 heteroatoms. The zero-order valence-corrected chi connectivity index (χ0v) is 13.1. The minimum atomic E-state index is -0.840. The predicted molar refractivity (Wildman–Crippen MR) is 83.3 cm³/mol. The molecule has 4 rings (SSSR count). The van der Waals surface area contributed by atoms with Crippen molar-refractivity contribution in [3.05, 3.63) is 82.9 Å². The first kappa shape index (κ1) is 15.2. The molecule has 1 saturated heterocycles. The molecule has 0 bridgehead atoms. The van der Waals surface area contributed by atoms with Gasteiger partial charge in [0.15, 0.2) is 0 Å². The summed E-state index contributed by atoms with van der Waals surface area (Å²) in [6, 6.07) is 10.8. The van der Waals surface area contributed by atoms with E-state index < -0.39 is 17.5 Å². The third-order valence-electron chi connectivity index (χ3n) is 4.15. The lowest BCUT2D eigenvalue weighted by Crippen LogP contribution is -2.19. The van der Waals surface area contributed by atoms with Crippen molar-refractivity contribution >= 4 is 11.6 Å². The molecule has 1 fully saturated rings. The zero-order valence-electron chi connectivity index (χ0n) is 12.4. The second kappa shape index (κ2) is 5.65. The summed E-state index contributed by atoms with van der Waals surface area (Å²) >= 11 is 5.88. The molecule has 0 N–H and O–H groups in total. The van der Waals surface area contributed by atoms with Gasteiger partial charge in [0.1, 0.15) is 36.0 Å². The number of ether oxygens (including phenoxy) is 1. The van der Waals surface area contributed by atoms with Crippen molar-refractivity contribution in [3.63, 3.8) is 0 Å². The highest BCUT2D eigenvalue weighted by molar-refractivity contribution is 6.30. The molecular formula is C17H12ClF2N3O. The van der Waals surface area contributed by atoms with Crippen LogP contribution in [-0.4, -0.2) is 14.8 Å². The highest BCUT2D eigenvalue weighted by Gasteiger charge is 2.60. The minimum Gasteiger partial charge on any atom is -0.354 e. The van der Waals surface area contributed by atoms with E-state index in [1.165, 1.54) is 24.5 Å². The van der Waals surface area contributed by atoms with Crippen LogP contribution < -0.4 is 0 Å². The molecular weight excluding hydrogens is 336 g/mol. The Balaban J connectivity index is 1.76. The quantitative estimate of drug-likeness (QED) is 0.673. The summed E-state index contributed by atoms with van der Waals surface area (Å²) in [6.07, 6.45) is 2.43. The molecule has 4 nitrogen and oxygen atoms in total. The fraction of sp³-hybridized carbons (Fsp3) is 0.176. The highest BCUT2D eigenvalue weighted by atomic mass is 35.5. The highest BCUT2D eigenvalue weighted by Crippen LogP contribution is 2.58. The Morgan fingerprint density at radius 3 is 2.67 bits per heavy atom. The summed E-state index contributed by atoms with van der Waals surface area (Å²) in [6.45, 7) is 0.329. The molecule has 0 amide bonds. The molecule has 1 aromatic heterocycles. The van der Waals surface area contributed by atoms with Crippen molar-refractivity contribution < 1.29 is 13.5 Å². The Hall–Kier alpha value is -2.31. The summed E-state index contributed by atoms with van der Waals surface area (Å²) in [5, 5.41) is 4.12. The molecule has 2 aromatic carbocycles. The fourth-order valence-electron chi connectivity index (χ4n) is 2.93. The Bertz CT molecular complexity index is 870. The number of hydrogen-bond acceptors (Lipinski definition) is 3. The average molecular weight is 348 g/mol. The molecule has 24 heavy (non-hydrogen) atoms. The minimum absolute atomic E-state index is 0.0387. The number of aromatic nitrogens is 3. The molecule has 0 saturated carbocycles. The van der Waals surface area contributed by atoms with E-state index >= 15 is 0 Å². The second-order valence-electron chi connectivity index (χ2n) is 5.63. The number of epoxide rings is 1. The van der Waals surface area contributed by atoms with Crippen LogP contribution in [0, 0.1) is 11.6 Å². The van der Waals surface area contributed by atoms with E-state index in [1.54, 1.807) is 35.3 Å². The largest absolute Gasteiger partial charge is 0.354 e. The van der Waals surface area contributed by atoms with Crippen LogP contribution in [0.1, 0.15) is 17.2 Å². The standard InChI is InChI=1S/C17H12ClF2N3O/c18-14-3-1-2-13(15(14)20)16-17(24-16,8-23-10-21-9-22-23)11-4-6-12(19)7-5-11/h1-7,9-10,16H,8H2/t16-,17-/m1/s1. The Morgan fingerprint density at radius 2 is 1.96 bits per heavy atom. The van der Waals surface area contributed by atoms with Crippen LogP contribution in [0.4, 0.5) is 8.78 Å². The second-order valence-corrected chi connectivity index (χ2v) is 6.04. The summed E-state index contributed by atoms with van der Waals surface area (Å²) in [5.74, 6) is -0.854. The van der Waals surface area contributed by atoms with Crippen molar-refractivity contribution in [1.29, 1.82) is 0 Å². The number of rotatable bonds is 4. The van der Waals surface area contributed by atoms with E-state index in [-0.39, 0.29) is 10.8 Å². The van der Waals surface area contributed by atoms with Crippen LogP contribution in [-0.2, 0) is 16.9 Å². The van der Waals surface area contributed by atoms with Crippen molar-refractivity contribution in [2.24, 2.45) is 0 Å². The summed E-state index contributed by atoms with van der Waals surface area (Å²) in [5.41, 5.74) is 0.267. The van der Waals surface area contributed by atoms with E-state index in [9.17, 15) is 8.78 Å². The van der Waals surface area contributed by atoms with Crippen LogP contribution in [0.25, 0.3) is 0 Å². The number of halogens is 3. The van der Waals surface area contributed by atoms with Gasteiger partial charge in [-0.3, -0.25) is 0 Å². The third kappa shape index (κ3) is 2.48. The number of hydrogen-bond donors (Lipinski definition) is 0. The molecule has 0 unspecified atom stereocenters. The van der Waals surface area contributed by atoms with E-state index in [2.05, 4.69) is 10.1 Å². The van der Waals surface area contributed by atoms with Gasteiger partial charge in [-0.15, -0.1) is 0 Å². The van der Waals surface area contributed by atoms with Gasteiger partial charge in [-0.25, -0.2) is 18.4 Å². The van der Waals surface area contributed by atoms with Gasteiger partial charge in [0.05, 0.1) is 11.6 Å². The summed E-state index contributed by atoms with van der Waals surface area (Å²) in [4.78, 5) is 3.91. The number of benzene rings is 2. The zero-order chi connectivity index (χ0) is 16.7. The lowest BCUT2D eigenvalue weighted by Gasteiger charge is -2.14. The number of nitrogens with zero attached hydrogens (tertiary/aromatic N) is 3. The summed E-state index contributed by atoms with van der Waals surface area (Å²) < 4.78 is 35.2. The van der Waals surface area contributed by atoms with E-state index in [0.717, 1.165) is 5.56 Å². The van der Waals surface area contributed by atoms with Crippen molar-refractivity contribution in [3.8, 4) is 0 Å². The van der Waals surface area contributed by atoms with Crippen molar-refractivity contribution in [2.45, 2.75) is 18.2 Å². The Labute approximate surface area is 141 Å². The molecule has 2 atom stereocenters. The maximum Gasteiger partial charge on any atom is 0.147 e. The summed E-state index contributed by atoms with van der Waals surface area (Å²) in [7, 11) is 0. The van der Waals surface area contributed by atoms with Crippen LogP contribution in [0.2, 0.25) is 5.02 Å². The monoisotopic (exact) mass is 347 g/mol. The first-order chi connectivity index (χ1) is 11.6. The molecule has 0 spiro atoms. The van der Waals surface area contributed by atoms with Gasteiger partial charge in [-0.2, -0.15) is 5.10 Å². The van der Waals surface area contributed by atoms with Crippen molar-refractivity contribution in [2.75, 3.05) is 0 Å². The van der Waals surface area contributed by atoms with Crippen LogP contribution in [0.5, 0.6) is 0 Å². The van der Waals surface area contributed by atoms with Gasteiger partial charge in [-0.1, -0.05) is 35.9 Å². The lowest BCUT2D eigenvalue weighted by atomic mass is 9.91. The Kier molecular flexibility index (Phi) is 3.58. The first-order valence-electron chi connectivity index (χ1n) is 7.30. The molecule has 1 aliphatic heterocycles. The Morgan fingerprint density at radius 1 is 1.17 bits per heavy atom. The van der Waals surface area contributed by atoms with Gasteiger partial charge in [-0.05, 0) is 23.8 Å². The maximum absolute atomic E-state index is 14.4. The topological polar surface area (TPSA) is 43.2 Å². The fourth-order valence-corrected chi connectivity index (χ4v) is 3.11. The van der Waals surface area contributed by atoms with Crippen LogP contribution in [0.3, 0.4) is 0 Å². The van der Waals surface area contributed by atoms with Gasteiger partial charge in [0.25, 0.3) is 0 Å². The van der Waals surface area contributed by atoms with E-state index in [4.69, 9.17) is 16.3 Å². The predicted octanol–water partition coefficient (Wildman–Crippen LogP) is 3.88. The van der Waals surface area contributed by atoms with E-state index in [0.29, 0.717) is 12.1 Å². The molecule has 3 aromatic rings. The van der Waals surface area contributed by atoms with Gasteiger partial charge in [0, 0.05) is 5.56 Å². The average Bonchev–Trinajstić information content (AvgIpc) is 3.05. The molecule has 0 aliphatic carbocycles. The van der Waals surface area contributed by atoms with E-state index in [1.807, 2.05) is 0 Å². The van der Waals surface area contributed by atoms with Gasteiger partial charge >= 0.3 is 0 Å². The lowest BCUT2D eigenvalue weighted by molar-refractivity contribution is 0.262. The molecule has 122 valence electrons.